The van der Waals surface area contributed by atoms with Crippen molar-refractivity contribution in [2.75, 3.05) is 12.3 Å². The van der Waals surface area contributed by atoms with E-state index in [0.717, 1.165) is 0 Å². The molecule has 1 aromatic heterocycles. The van der Waals surface area contributed by atoms with E-state index in [4.69, 9.17) is 17.3 Å². The number of nitrogens with zero attached hydrogens (tertiary/aromatic N) is 1. The highest BCUT2D eigenvalue weighted by atomic mass is 35.5. The fraction of sp³-hybridized carbons (Fsp3) is 0.455. The molecule has 0 aromatic carbocycles. The molecule has 5 nitrogen and oxygen atoms in total. The molecule has 4 N–H and O–H groups in total. The van der Waals surface area contributed by atoms with Gasteiger partial charge in [-0.25, -0.2) is 4.98 Å². The summed E-state index contributed by atoms with van der Waals surface area (Å²) in [4.78, 5) is 15.5. The van der Waals surface area contributed by atoms with Crippen molar-refractivity contribution in [2.45, 2.75) is 25.9 Å². The van der Waals surface area contributed by atoms with E-state index in [2.05, 4.69) is 10.3 Å². The largest absolute Gasteiger partial charge is 0.397 e. The summed E-state index contributed by atoms with van der Waals surface area (Å²) in [5.74, 6) is -0.335. The maximum atomic E-state index is 11.7. The van der Waals surface area contributed by atoms with E-state index in [1.54, 1.807) is 0 Å². The molecule has 1 atom stereocenters. The van der Waals surface area contributed by atoms with Crippen LogP contribution in [-0.4, -0.2) is 28.6 Å². The molecule has 0 aliphatic carbocycles. The summed E-state index contributed by atoms with van der Waals surface area (Å²) in [6.07, 6.45) is 2.16. The van der Waals surface area contributed by atoms with E-state index in [9.17, 15) is 9.90 Å². The molecule has 0 aliphatic heterocycles. The number of carbonyl (C=O) groups excluding carboxylic acids is 1. The lowest BCUT2D eigenvalue weighted by Gasteiger charge is -2.09. The Morgan fingerprint density at radius 2 is 2.41 bits per heavy atom. The van der Waals surface area contributed by atoms with E-state index in [1.165, 1.54) is 12.3 Å². The van der Waals surface area contributed by atoms with Gasteiger partial charge >= 0.3 is 0 Å². The fourth-order valence-corrected chi connectivity index (χ4v) is 1.46. The third kappa shape index (κ3) is 4.20. The van der Waals surface area contributed by atoms with Crippen LogP contribution in [0.1, 0.15) is 30.1 Å². The standard InChI is InChI=1S/C11H16ClN3O2/c1-2-8(16)3-4-14-11(17)9-5-7(13)6-15-10(9)12/h5-6,8,16H,2-4,13H2,1H3,(H,14,17). The van der Waals surface area contributed by atoms with Crippen LogP contribution in [0.4, 0.5) is 5.69 Å². The third-order valence-electron chi connectivity index (χ3n) is 2.34. The van der Waals surface area contributed by atoms with Gasteiger partial charge < -0.3 is 16.2 Å². The quantitative estimate of drug-likeness (QED) is 0.692. The lowest BCUT2D eigenvalue weighted by molar-refractivity contribution is 0.0942. The summed E-state index contributed by atoms with van der Waals surface area (Å²) in [7, 11) is 0. The number of hydrogen-bond donors (Lipinski definition) is 3. The minimum absolute atomic E-state index is 0.118. The van der Waals surface area contributed by atoms with Crippen LogP contribution in [0.15, 0.2) is 12.3 Å². The van der Waals surface area contributed by atoms with Crippen molar-refractivity contribution in [3.8, 4) is 0 Å². The van der Waals surface area contributed by atoms with Gasteiger partial charge in [-0.1, -0.05) is 18.5 Å². The van der Waals surface area contributed by atoms with Gasteiger partial charge in [-0.3, -0.25) is 4.79 Å². The molecule has 1 aromatic rings. The van der Waals surface area contributed by atoms with Gasteiger partial charge in [0.2, 0.25) is 0 Å². The van der Waals surface area contributed by atoms with Crippen LogP contribution >= 0.6 is 11.6 Å². The monoisotopic (exact) mass is 257 g/mol. The molecule has 0 spiro atoms. The molecule has 1 rings (SSSR count). The number of aliphatic hydroxyl groups excluding tert-OH is 1. The van der Waals surface area contributed by atoms with Crippen LogP contribution in [-0.2, 0) is 0 Å². The maximum absolute atomic E-state index is 11.7. The van der Waals surface area contributed by atoms with Gasteiger partial charge in [0.1, 0.15) is 5.15 Å². The number of nitrogens with one attached hydrogen (secondary N) is 1. The van der Waals surface area contributed by atoms with Crippen molar-refractivity contribution in [3.05, 3.63) is 23.0 Å². The molecular weight excluding hydrogens is 242 g/mol. The highest BCUT2D eigenvalue weighted by Crippen LogP contribution is 2.15. The third-order valence-corrected chi connectivity index (χ3v) is 2.64. The zero-order chi connectivity index (χ0) is 12.8. The number of anilines is 1. The molecule has 94 valence electrons. The number of aliphatic hydroxyl groups is 1. The van der Waals surface area contributed by atoms with Gasteiger partial charge in [-0.05, 0) is 18.9 Å². The van der Waals surface area contributed by atoms with Gasteiger partial charge in [-0.15, -0.1) is 0 Å². The Hall–Kier alpha value is -1.33. The molecule has 0 saturated heterocycles. The van der Waals surface area contributed by atoms with Crippen molar-refractivity contribution in [1.82, 2.24) is 10.3 Å². The topological polar surface area (TPSA) is 88.2 Å². The van der Waals surface area contributed by atoms with E-state index in [-0.39, 0.29) is 16.6 Å². The molecule has 0 fully saturated rings. The van der Waals surface area contributed by atoms with E-state index < -0.39 is 6.10 Å². The van der Waals surface area contributed by atoms with Gasteiger partial charge in [0, 0.05) is 6.54 Å². The minimum atomic E-state index is -0.398. The zero-order valence-corrected chi connectivity index (χ0v) is 10.4. The van der Waals surface area contributed by atoms with Crippen LogP contribution in [0.25, 0.3) is 0 Å². The second kappa shape index (κ2) is 6.42. The first-order valence-corrected chi connectivity index (χ1v) is 5.79. The Balaban J connectivity index is 2.55. The number of halogens is 1. The molecule has 1 heterocycles. The second-order valence-corrected chi connectivity index (χ2v) is 4.07. The number of hydrogen-bond acceptors (Lipinski definition) is 4. The number of pyridine rings is 1. The lowest BCUT2D eigenvalue weighted by Crippen LogP contribution is -2.27. The summed E-state index contributed by atoms with van der Waals surface area (Å²) >= 11 is 5.78. The SMILES string of the molecule is CCC(O)CCNC(=O)c1cc(N)cnc1Cl. The van der Waals surface area contributed by atoms with E-state index >= 15 is 0 Å². The Morgan fingerprint density at radius 1 is 1.71 bits per heavy atom. The van der Waals surface area contributed by atoms with Crippen molar-refractivity contribution in [3.63, 3.8) is 0 Å². The minimum Gasteiger partial charge on any atom is -0.397 e. The zero-order valence-electron chi connectivity index (χ0n) is 9.61. The van der Waals surface area contributed by atoms with Crippen LogP contribution in [0.5, 0.6) is 0 Å². The lowest BCUT2D eigenvalue weighted by atomic mass is 10.2. The van der Waals surface area contributed by atoms with Crippen LogP contribution in [0.3, 0.4) is 0 Å². The number of aromatic nitrogens is 1. The molecule has 1 unspecified atom stereocenters. The molecule has 0 radical (unpaired) electrons. The molecular formula is C11H16ClN3O2. The summed E-state index contributed by atoms with van der Waals surface area (Å²) in [5, 5.41) is 12.1. The Kier molecular flexibility index (Phi) is 5.18. The normalized spacial score (nSPS) is 12.2. The van der Waals surface area contributed by atoms with E-state index in [1.807, 2.05) is 6.92 Å². The van der Waals surface area contributed by atoms with Crippen molar-refractivity contribution in [1.29, 1.82) is 0 Å². The van der Waals surface area contributed by atoms with Crippen molar-refractivity contribution in [2.24, 2.45) is 0 Å². The van der Waals surface area contributed by atoms with Gasteiger partial charge in [0.25, 0.3) is 5.91 Å². The summed E-state index contributed by atoms with van der Waals surface area (Å²) in [5.41, 5.74) is 6.15. The van der Waals surface area contributed by atoms with Gasteiger partial charge in [-0.2, -0.15) is 0 Å². The van der Waals surface area contributed by atoms with Crippen LogP contribution < -0.4 is 11.1 Å². The molecule has 0 aliphatic rings. The summed E-state index contributed by atoms with van der Waals surface area (Å²) < 4.78 is 0. The maximum Gasteiger partial charge on any atom is 0.254 e. The first-order chi connectivity index (χ1) is 8.04. The Labute approximate surface area is 105 Å². The highest BCUT2D eigenvalue weighted by molar-refractivity contribution is 6.32. The predicted molar refractivity (Wildman–Crippen MR) is 66.9 cm³/mol. The second-order valence-electron chi connectivity index (χ2n) is 3.71. The first-order valence-electron chi connectivity index (χ1n) is 5.41. The number of nitrogen functional groups attached to an aromatic ring is 1. The summed E-state index contributed by atoms with van der Waals surface area (Å²) in [6.45, 7) is 2.27. The number of rotatable bonds is 5. The number of nitrogens with two attached hydrogens (primary N) is 1. The highest BCUT2D eigenvalue weighted by Gasteiger charge is 2.11. The Morgan fingerprint density at radius 3 is 3.06 bits per heavy atom. The van der Waals surface area contributed by atoms with Gasteiger partial charge in [0.15, 0.2) is 0 Å². The Bertz CT molecular complexity index is 398. The molecule has 6 heteroatoms. The molecule has 17 heavy (non-hydrogen) atoms. The predicted octanol–water partition coefficient (Wildman–Crippen LogP) is 1.21. The fourth-order valence-electron chi connectivity index (χ4n) is 1.28. The van der Waals surface area contributed by atoms with Crippen molar-refractivity contribution >= 4 is 23.2 Å². The summed E-state index contributed by atoms with van der Waals surface area (Å²) in [6, 6.07) is 1.47. The van der Waals surface area contributed by atoms with Crippen molar-refractivity contribution < 1.29 is 9.90 Å². The smallest absolute Gasteiger partial charge is 0.254 e. The molecule has 0 bridgehead atoms. The van der Waals surface area contributed by atoms with Crippen LogP contribution in [0, 0.1) is 0 Å². The number of carbonyl (C=O) groups is 1. The van der Waals surface area contributed by atoms with E-state index in [0.29, 0.717) is 25.1 Å². The molecule has 1 amide bonds. The van der Waals surface area contributed by atoms with Crippen LogP contribution in [0.2, 0.25) is 5.15 Å². The average Bonchev–Trinajstić information content (AvgIpc) is 2.31. The number of amides is 1. The van der Waals surface area contributed by atoms with Gasteiger partial charge in [0.05, 0.1) is 23.6 Å². The first kappa shape index (κ1) is 13.7. The molecule has 0 saturated carbocycles. The average molecular weight is 258 g/mol.